The van der Waals surface area contributed by atoms with Crippen molar-refractivity contribution in [1.82, 2.24) is 5.06 Å². The van der Waals surface area contributed by atoms with Crippen LogP contribution in [0.1, 0.15) is 32.8 Å². The minimum Gasteiger partial charge on any atom is -0.309 e. The molecule has 0 fully saturated rings. The average molecular weight is 343 g/mol. The van der Waals surface area contributed by atoms with Gasteiger partial charge >= 0.3 is 7.60 Å². The van der Waals surface area contributed by atoms with Gasteiger partial charge in [-0.05, 0) is 25.8 Å². The molecule has 0 aliphatic heterocycles. The van der Waals surface area contributed by atoms with E-state index < -0.39 is 7.60 Å². The molecule has 0 spiro atoms. The van der Waals surface area contributed by atoms with Crippen LogP contribution in [-0.4, -0.2) is 36.9 Å². The molecule has 7 heteroatoms. The number of hydroxylamine groups is 2. The minimum absolute atomic E-state index is 0.191. The summed E-state index contributed by atoms with van der Waals surface area (Å²) in [6, 6.07) is 9.60. The van der Waals surface area contributed by atoms with Crippen molar-refractivity contribution in [3.8, 4) is 0 Å². The van der Waals surface area contributed by atoms with E-state index in [2.05, 4.69) is 0 Å². The summed E-state index contributed by atoms with van der Waals surface area (Å²) in [5.74, 6) is -0.191. The summed E-state index contributed by atoms with van der Waals surface area (Å²) in [6.07, 6.45) is 0.735. The summed E-state index contributed by atoms with van der Waals surface area (Å²) in [5.41, 5.74) is 0.980. The number of rotatable bonds is 11. The van der Waals surface area contributed by atoms with Gasteiger partial charge in [-0.2, -0.15) is 0 Å². The third-order valence-electron chi connectivity index (χ3n) is 3.03. The van der Waals surface area contributed by atoms with E-state index in [-0.39, 0.29) is 12.1 Å². The fraction of sp³-hybridized carbons (Fsp3) is 0.562. The Morgan fingerprint density at radius 1 is 1.13 bits per heavy atom. The molecule has 0 radical (unpaired) electrons. The van der Waals surface area contributed by atoms with E-state index in [1.165, 1.54) is 12.0 Å². The summed E-state index contributed by atoms with van der Waals surface area (Å²) in [7, 11) is -3.08. The van der Waals surface area contributed by atoms with Crippen LogP contribution in [0.5, 0.6) is 0 Å². The lowest BCUT2D eigenvalue weighted by atomic mass is 10.2. The fourth-order valence-corrected chi connectivity index (χ4v) is 3.66. The van der Waals surface area contributed by atoms with Gasteiger partial charge in [0.05, 0.1) is 19.4 Å². The first kappa shape index (κ1) is 19.8. The van der Waals surface area contributed by atoms with E-state index in [0.29, 0.717) is 32.8 Å². The molecule has 0 aromatic heterocycles. The Morgan fingerprint density at radius 3 is 2.26 bits per heavy atom. The smallest absolute Gasteiger partial charge is 0.309 e. The molecule has 23 heavy (non-hydrogen) atoms. The standard InChI is InChI=1S/C16H26NO5P/c1-4-21-23(19,22-5-2)13-9-12-17(15(3)18)20-14-16-10-7-6-8-11-16/h6-8,10-11H,4-5,9,12-14H2,1-3H3. The lowest BCUT2D eigenvalue weighted by Gasteiger charge is -2.22. The van der Waals surface area contributed by atoms with E-state index >= 15 is 0 Å². The first-order chi connectivity index (χ1) is 11.0. The molecule has 0 unspecified atom stereocenters. The van der Waals surface area contributed by atoms with E-state index in [9.17, 15) is 9.36 Å². The molecule has 6 nitrogen and oxygen atoms in total. The second-order valence-electron chi connectivity index (χ2n) is 4.90. The van der Waals surface area contributed by atoms with Crippen molar-refractivity contribution in [3.05, 3.63) is 35.9 Å². The number of amides is 1. The van der Waals surface area contributed by atoms with Crippen molar-refractivity contribution in [2.45, 2.75) is 33.8 Å². The van der Waals surface area contributed by atoms with Crippen molar-refractivity contribution in [3.63, 3.8) is 0 Å². The molecule has 0 bridgehead atoms. The lowest BCUT2D eigenvalue weighted by Crippen LogP contribution is -2.30. The van der Waals surface area contributed by atoms with Crippen LogP contribution >= 0.6 is 7.60 Å². The number of carbonyl (C=O) groups excluding carboxylic acids is 1. The van der Waals surface area contributed by atoms with E-state index in [1.54, 1.807) is 13.8 Å². The zero-order chi connectivity index (χ0) is 17.1. The van der Waals surface area contributed by atoms with Crippen molar-refractivity contribution in [1.29, 1.82) is 0 Å². The first-order valence-electron chi connectivity index (χ1n) is 7.83. The molecule has 0 aliphatic carbocycles. The van der Waals surface area contributed by atoms with Gasteiger partial charge in [-0.1, -0.05) is 30.3 Å². The highest BCUT2D eigenvalue weighted by Gasteiger charge is 2.23. The molecule has 0 heterocycles. The highest BCUT2D eigenvalue weighted by atomic mass is 31.2. The second kappa shape index (κ2) is 10.6. The van der Waals surface area contributed by atoms with E-state index in [1.807, 2.05) is 30.3 Å². The molecular formula is C16H26NO5P. The Hall–Kier alpha value is -1.20. The van der Waals surface area contributed by atoms with Crippen LogP contribution in [0.25, 0.3) is 0 Å². The third kappa shape index (κ3) is 7.75. The maximum absolute atomic E-state index is 12.4. The predicted octanol–water partition coefficient (Wildman–Crippen LogP) is 3.62. The van der Waals surface area contributed by atoms with Crippen LogP contribution in [0.3, 0.4) is 0 Å². The Morgan fingerprint density at radius 2 is 1.74 bits per heavy atom. The number of hydrogen-bond donors (Lipinski definition) is 0. The molecular weight excluding hydrogens is 317 g/mol. The first-order valence-corrected chi connectivity index (χ1v) is 9.56. The Balaban J connectivity index is 2.46. The largest absolute Gasteiger partial charge is 0.330 e. The van der Waals surface area contributed by atoms with Gasteiger partial charge in [0.1, 0.15) is 6.61 Å². The lowest BCUT2D eigenvalue weighted by molar-refractivity contribution is -0.189. The predicted molar refractivity (Wildman–Crippen MR) is 89.0 cm³/mol. The van der Waals surface area contributed by atoms with Gasteiger partial charge in [0.2, 0.25) is 5.91 Å². The Labute approximate surface area is 138 Å². The van der Waals surface area contributed by atoms with Gasteiger partial charge in [-0.25, -0.2) is 5.06 Å². The molecule has 0 saturated carbocycles. The molecule has 0 saturated heterocycles. The fourth-order valence-electron chi connectivity index (χ4n) is 2.01. The zero-order valence-corrected chi connectivity index (χ0v) is 15.0. The van der Waals surface area contributed by atoms with Gasteiger partial charge < -0.3 is 9.05 Å². The van der Waals surface area contributed by atoms with Gasteiger partial charge in [0, 0.05) is 13.5 Å². The number of nitrogens with zero attached hydrogens (tertiary/aromatic N) is 1. The van der Waals surface area contributed by atoms with Crippen LogP contribution in [0.15, 0.2) is 30.3 Å². The van der Waals surface area contributed by atoms with Gasteiger partial charge in [-0.15, -0.1) is 0 Å². The molecule has 0 atom stereocenters. The molecule has 1 aromatic rings. The van der Waals surface area contributed by atoms with Gasteiger partial charge in [-0.3, -0.25) is 14.2 Å². The summed E-state index contributed by atoms with van der Waals surface area (Å²) < 4.78 is 22.8. The monoisotopic (exact) mass is 343 g/mol. The van der Waals surface area contributed by atoms with Crippen molar-refractivity contribution in [2.75, 3.05) is 25.9 Å². The quantitative estimate of drug-likeness (QED) is 0.453. The van der Waals surface area contributed by atoms with Crippen LogP contribution in [0.2, 0.25) is 0 Å². The number of hydrogen-bond acceptors (Lipinski definition) is 5. The Bertz CT molecular complexity index is 498. The van der Waals surface area contributed by atoms with Crippen molar-refractivity contribution < 1.29 is 23.2 Å². The topological polar surface area (TPSA) is 65.1 Å². The van der Waals surface area contributed by atoms with Gasteiger partial charge in [0.15, 0.2) is 0 Å². The van der Waals surface area contributed by atoms with Crippen molar-refractivity contribution >= 4 is 13.5 Å². The summed E-state index contributed by atoms with van der Waals surface area (Å²) >= 11 is 0. The maximum atomic E-state index is 12.4. The average Bonchev–Trinajstić information content (AvgIpc) is 2.51. The second-order valence-corrected chi connectivity index (χ2v) is 7.09. The molecule has 1 aromatic carbocycles. The zero-order valence-electron chi connectivity index (χ0n) is 14.1. The summed E-state index contributed by atoms with van der Waals surface area (Å²) in [5, 5.41) is 1.29. The van der Waals surface area contributed by atoms with E-state index in [0.717, 1.165) is 5.56 Å². The third-order valence-corrected chi connectivity index (χ3v) is 5.19. The SMILES string of the molecule is CCOP(=O)(CCCN(OCc1ccccc1)C(C)=O)OCC. The normalized spacial score (nSPS) is 11.4. The van der Waals surface area contributed by atoms with Crippen LogP contribution in [-0.2, 0) is 29.9 Å². The summed E-state index contributed by atoms with van der Waals surface area (Å²) in [4.78, 5) is 17.2. The molecule has 130 valence electrons. The highest BCUT2D eigenvalue weighted by Crippen LogP contribution is 2.48. The molecule has 0 N–H and O–H groups in total. The molecule has 1 rings (SSSR count). The number of carbonyl (C=O) groups is 1. The van der Waals surface area contributed by atoms with Crippen LogP contribution in [0.4, 0.5) is 0 Å². The van der Waals surface area contributed by atoms with Gasteiger partial charge in [0.25, 0.3) is 0 Å². The van der Waals surface area contributed by atoms with Crippen molar-refractivity contribution in [2.24, 2.45) is 0 Å². The number of benzene rings is 1. The molecule has 0 aliphatic rings. The highest BCUT2D eigenvalue weighted by molar-refractivity contribution is 7.53. The van der Waals surface area contributed by atoms with Crippen LogP contribution in [0, 0.1) is 0 Å². The van der Waals surface area contributed by atoms with E-state index in [4.69, 9.17) is 13.9 Å². The Kier molecular flexibility index (Phi) is 9.10. The van der Waals surface area contributed by atoms with Crippen LogP contribution < -0.4 is 0 Å². The minimum atomic E-state index is -3.08. The summed E-state index contributed by atoms with van der Waals surface area (Å²) in [6.45, 7) is 6.31. The molecule has 1 amide bonds. The maximum Gasteiger partial charge on any atom is 0.330 e.